The average Bonchev–Trinajstić information content (AvgIpc) is 3.46. The van der Waals surface area contributed by atoms with Crippen molar-refractivity contribution in [3.05, 3.63) is 53.7 Å². The minimum Gasteiger partial charge on any atom is -0.454 e. The Morgan fingerprint density at radius 2 is 2.16 bits per heavy atom. The molecule has 4 heterocycles. The third-order valence-corrected chi connectivity index (χ3v) is 5.82. The number of ether oxygens (including phenoxy) is 2. The molecule has 0 spiro atoms. The van der Waals surface area contributed by atoms with Gasteiger partial charge in [-0.05, 0) is 44.0 Å². The summed E-state index contributed by atoms with van der Waals surface area (Å²) in [6, 6.07) is 7.61. The summed E-state index contributed by atoms with van der Waals surface area (Å²) in [6.07, 6.45) is 5.35. The van der Waals surface area contributed by atoms with Crippen LogP contribution in [0.1, 0.15) is 35.7 Å². The summed E-state index contributed by atoms with van der Waals surface area (Å²) in [4.78, 5) is 23.5. The molecular formula is C23H25N5O4. The lowest BCUT2D eigenvalue weighted by Gasteiger charge is -2.32. The first-order valence-electron chi connectivity index (χ1n) is 10.8. The summed E-state index contributed by atoms with van der Waals surface area (Å²) in [5, 5.41) is 7.00. The van der Waals surface area contributed by atoms with Crippen molar-refractivity contribution in [1.29, 1.82) is 0 Å². The molecule has 1 fully saturated rings. The number of rotatable bonds is 6. The molecule has 1 unspecified atom stereocenters. The van der Waals surface area contributed by atoms with E-state index >= 15 is 0 Å². The van der Waals surface area contributed by atoms with Gasteiger partial charge >= 0.3 is 0 Å². The molecule has 2 aliphatic heterocycles. The van der Waals surface area contributed by atoms with Crippen molar-refractivity contribution in [2.45, 2.75) is 32.2 Å². The second kappa shape index (κ2) is 8.96. The maximum absolute atomic E-state index is 12.6. The molecule has 5 rings (SSSR count). The number of nitrogens with one attached hydrogen (secondary N) is 1. The molecule has 0 saturated carbocycles. The number of hydrogen-bond donors (Lipinski definition) is 1. The Kier molecular flexibility index (Phi) is 5.72. The highest BCUT2D eigenvalue weighted by atomic mass is 16.7. The van der Waals surface area contributed by atoms with Crippen molar-refractivity contribution in [3.8, 4) is 22.8 Å². The van der Waals surface area contributed by atoms with Gasteiger partial charge in [0.15, 0.2) is 17.3 Å². The van der Waals surface area contributed by atoms with Crippen LogP contribution >= 0.6 is 0 Å². The van der Waals surface area contributed by atoms with Gasteiger partial charge in [0, 0.05) is 31.3 Å². The fraction of sp³-hybridized carbons (Fsp3) is 0.391. The topological polar surface area (TPSA) is 103 Å². The Bertz CT molecular complexity index is 1120. The molecule has 32 heavy (non-hydrogen) atoms. The van der Waals surface area contributed by atoms with E-state index in [2.05, 4.69) is 25.3 Å². The first-order chi connectivity index (χ1) is 15.7. The van der Waals surface area contributed by atoms with Gasteiger partial charge in [-0.25, -0.2) is 9.97 Å². The minimum atomic E-state index is -0.00270. The number of carbonyl (C=O) groups excluding carboxylic acids is 1. The van der Waals surface area contributed by atoms with Crippen LogP contribution in [-0.4, -0.2) is 52.4 Å². The highest BCUT2D eigenvalue weighted by Crippen LogP contribution is 2.33. The van der Waals surface area contributed by atoms with Crippen molar-refractivity contribution in [3.63, 3.8) is 0 Å². The van der Waals surface area contributed by atoms with E-state index in [9.17, 15) is 4.79 Å². The van der Waals surface area contributed by atoms with Crippen LogP contribution in [-0.2, 0) is 11.3 Å². The number of benzene rings is 1. The SMILES string of the molecule is Cc1cc(-c2cncnc2C2CCCN(CC(=O)NCc3ccc4c(c3)OCO4)C2)on1. The summed E-state index contributed by atoms with van der Waals surface area (Å²) < 4.78 is 16.2. The summed E-state index contributed by atoms with van der Waals surface area (Å²) >= 11 is 0. The standard InChI is InChI=1S/C23H25N5O4/c1-15-7-20(32-27-15)18-10-24-13-26-23(18)17-3-2-6-28(11-17)12-22(29)25-9-16-4-5-19-21(8-16)31-14-30-19/h4-5,7-8,10,13,17H,2-3,6,9,11-12,14H2,1H3,(H,25,29). The van der Waals surface area contributed by atoms with Crippen molar-refractivity contribution in [1.82, 2.24) is 25.3 Å². The van der Waals surface area contributed by atoms with Crippen LogP contribution in [0.3, 0.4) is 0 Å². The van der Waals surface area contributed by atoms with Crippen LogP contribution in [0.4, 0.5) is 0 Å². The van der Waals surface area contributed by atoms with E-state index in [4.69, 9.17) is 14.0 Å². The zero-order valence-electron chi connectivity index (χ0n) is 17.9. The van der Waals surface area contributed by atoms with Crippen LogP contribution in [0, 0.1) is 6.92 Å². The number of fused-ring (bicyclic) bond motifs is 1. The van der Waals surface area contributed by atoms with E-state index < -0.39 is 0 Å². The zero-order chi connectivity index (χ0) is 21.9. The predicted molar refractivity (Wildman–Crippen MR) is 115 cm³/mol. The lowest BCUT2D eigenvalue weighted by Crippen LogP contribution is -2.42. The van der Waals surface area contributed by atoms with E-state index in [-0.39, 0.29) is 18.6 Å². The van der Waals surface area contributed by atoms with Gasteiger partial charge in [-0.3, -0.25) is 9.69 Å². The van der Waals surface area contributed by atoms with E-state index in [1.54, 1.807) is 12.5 Å². The van der Waals surface area contributed by atoms with E-state index in [1.165, 1.54) is 0 Å². The molecule has 1 saturated heterocycles. The number of aryl methyl sites for hydroxylation is 1. The molecule has 0 bridgehead atoms. The van der Waals surface area contributed by atoms with Gasteiger partial charge in [-0.1, -0.05) is 11.2 Å². The van der Waals surface area contributed by atoms with Gasteiger partial charge in [-0.2, -0.15) is 0 Å². The fourth-order valence-electron chi connectivity index (χ4n) is 4.28. The molecule has 0 aliphatic carbocycles. The molecule has 1 N–H and O–H groups in total. The Morgan fingerprint density at radius 1 is 1.25 bits per heavy atom. The lowest BCUT2D eigenvalue weighted by molar-refractivity contribution is -0.122. The number of hydrogen-bond acceptors (Lipinski definition) is 8. The minimum absolute atomic E-state index is 0.00270. The largest absolute Gasteiger partial charge is 0.454 e. The highest BCUT2D eigenvalue weighted by molar-refractivity contribution is 5.78. The summed E-state index contributed by atoms with van der Waals surface area (Å²) in [5.74, 6) is 2.34. The summed E-state index contributed by atoms with van der Waals surface area (Å²) in [5.41, 5.74) is 3.61. The van der Waals surface area contributed by atoms with Crippen LogP contribution in [0.15, 0.2) is 41.3 Å². The van der Waals surface area contributed by atoms with Crippen LogP contribution in [0.5, 0.6) is 11.5 Å². The highest BCUT2D eigenvalue weighted by Gasteiger charge is 2.27. The van der Waals surface area contributed by atoms with Gasteiger partial charge in [0.05, 0.1) is 23.5 Å². The van der Waals surface area contributed by atoms with Crippen molar-refractivity contribution < 1.29 is 18.8 Å². The lowest BCUT2D eigenvalue weighted by atomic mass is 9.91. The summed E-state index contributed by atoms with van der Waals surface area (Å²) in [7, 11) is 0. The molecule has 1 amide bonds. The first kappa shape index (κ1) is 20.4. The Hall–Kier alpha value is -3.46. The van der Waals surface area contributed by atoms with Gasteiger partial charge in [0.25, 0.3) is 0 Å². The normalized spacial score (nSPS) is 18.0. The fourth-order valence-corrected chi connectivity index (χ4v) is 4.28. The molecule has 0 radical (unpaired) electrons. The quantitative estimate of drug-likeness (QED) is 0.630. The van der Waals surface area contributed by atoms with Crippen LogP contribution in [0.25, 0.3) is 11.3 Å². The molecular weight excluding hydrogens is 410 g/mol. The van der Waals surface area contributed by atoms with Crippen molar-refractivity contribution in [2.24, 2.45) is 0 Å². The molecule has 1 atom stereocenters. The maximum Gasteiger partial charge on any atom is 0.234 e. The van der Waals surface area contributed by atoms with Gasteiger partial charge in [-0.15, -0.1) is 0 Å². The second-order valence-electron chi connectivity index (χ2n) is 8.19. The maximum atomic E-state index is 12.6. The zero-order valence-corrected chi connectivity index (χ0v) is 17.9. The number of amides is 1. The van der Waals surface area contributed by atoms with E-state index in [0.29, 0.717) is 18.8 Å². The molecule has 3 aromatic rings. The summed E-state index contributed by atoms with van der Waals surface area (Å²) in [6.45, 7) is 4.58. The molecule has 166 valence electrons. The number of aromatic nitrogens is 3. The molecule has 9 nitrogen and oxygen atoms in total. The number of piperidine rings is 1. The van der Waals surface area contributed by atoms with E-state index in [0.717, 1.165) is 59.9 Å². The number of carbonyl (C=O) groups is 1. The van der Waals surface area contributed by atoms with Crippen LogP contribution in [0.2, 0.25) is 0 Å². The number of likely N-dealkylation sites (tertiary alicyclic amines) is 1. The Labute approximate surface area is 185 Å². The van der Waals surface area contributed by atoms with Gasteiger partial charge in [0.2, 0.25) is 12.7 Å². The number of nitrogens with zero attached hydrogens (tertiary/aromatic N) is 4. The Morgan fingerprint density at radius 3 is 3.03 bits per heavy atom. The average molecular weight is 435 g/mol. The second-order valence-corrected chi connectivity index (χ2v) is 8.19. The van der Waals surface area contributed by atoms with Crippen LogP contribution < -0.4 is 14.8 Å². The first-order valence-corrected chi connectivity index (χ1v) is 10.8. The third kappa shape index (κ3) is 4.43. The van der Waals surface area contributed by atoms with Crippen molar-refractivity contribution >= 4 is 5.91 Å². The van der Waals surface area contributed by atoms with Gasteiger partial charge < -0.3 is 19.3 Å². The predicted octanol–water partition coefficient (Wildman–Crippen LogP) is 2.66. The molecule has 2 aliphatic rings. The Balaban J connectivity index is 1.20. The molecule has 2 aromatic heterocycles. The third-order valence-electron chi connectivity index (χ3n) is 5.82. The molecule has 1 aromatic carbocycles. The molecule has 9 heteroatoms. The van der Waals surface area contributed by atoms with Crippen molar-refractivity contribution in [2.75, 3.05) is 26.4 Å². The van der Waals surface area contributed by atoms with Gasteiger partial charge in [0.1, 0.15) is 6.33 Å². The smallest absolute Gasteiger partial charge is 0.234 e. The monoisotopic (exact) mass is 435 g/mol. The van der Waals surface area contributed by atoms with E-state index in [1.807, 2.05) is 31.2 Å².